The molecular formula is C25H29BFN3O4S. The molecule has 1 saturated heterocycles. The Morgan fingerprint density at radius 3 is 2.46 bits per heavy atom. The molecule has 0 N–H and O–H groups in total. The maximum atomic E-state index is 13.8. The maximum Gasteiger partial charge on any atom is 0.499 e. The van der Waals surface area contributed by atoms with E-state index in [1.165, 1.54) is 23.5 Å². The van der Waals surface area contributed by atoms with Gasteiger partial charge in [-0.05, 0) is 84.1 Å². The van der Waals surface area contributed by atoms with Crippen molar-refractivity contribution in [3.63, 3.8) is 0 Å². The molecule has 1 aliphatic carbocycles. The Hall–Kier alpha value is -2.56. The van der Waals surface area contributed by atoms with Gasteiger partial charge in [-0.2, -0.15) is 5.10 Å². The summed E-state index contributed by atoms with van der Waals surface area (Å²) >= 11 is 1.33. The highest BCUT2D eigenvalue weighted by molar-refractivity contribution is 7.12. The number of halogens is 1. The van der Waals surface area contributed by atoms with E-state index < -0.39 is 24.3 Å². The van der Waals surface area contributed by atoms with Gasteiger partial charge in [-0.15, -0.1) is 11.3 Å². The Labute approximate surface area is 208 Å². The lowest BCUT2D eigenvalue weighted by molar-refractivity contribution is 0.00578. The summed E-state index contributed by atoms with van der Waals surface area (Å²) in [7, 11) is -0.646. The standard InChI is InChI=1S/C25H29BFN3O4S/c1-6-32-22(31)18-14-35-23(28-18)30-19(13-15-7-8-15)20(26-33-24(2,3)25(4,5)34-26)21(29-30)16-9-11-17(27)12-10-16/h9-12,14-15H,6-8,13H2,1-5H3. The van der Waals surface area contributed by atoms with Gasteiger partial charge in [0.05, 0.1) is 23.5 Å². The molecule has 10 heteroatoms. The number of thiazole rings is 1. The van der Waals surface area contributed by atoms with Crippen LogP contribution >= 0.6 is 11.3 Å². The lowest BCUT2D eigenvalue weighted by Crippen LogP contribution is -2.41. The van der Waals surface area contributed by atoms with Crippen LogP contribution in [0.3, 0.4) is 0 Å². The van der Waals surface area contributed by atoms with E-state index >= 15 is 0 Å². The molecule has 1 aliphatic heterocycles. The lowest BCUT2D eigenvalue weighted by atomic mass is 9.75. The van der Waals surface area contributed by atoms with Crippen molar-refractivity contribution in [3.8, 4) is 16.4 Å². The topological polar surface area (TPSA) is 75.5 Å². The lowest BCUT2D eigenvalue weighted by Gasteiger charge is -2.32. The molecule has 0 atom stereocenters. The number of benzene rings is 1. The summed E-state index contributed by atoms with van der Waals surface area (Å²) in [5, 5.41) is 7.20. The van der Waals surface area contributed by atoms with Gasteiger partial charge in [0.25, 0.3) is 0 Å². The van der Waals surface area contributed by atoms with Gasteiger partial charge in [0.1, 0.15) is 5.82 Å². The zero-order valence-corrected chi connectivity index (χ0v) is 21.4. The first-order chi connectivity index (χ1) is 16.6. The van der Waals surface area contributed by atoms with E-state index in [1.54, 1.807) is 29.1 Å². The van der Waals surface area contributed by atoms with Gasteiger partial charge in [-0.3, -0.25) is 0 Å². The van der Waals surface area contributed by atoms with Gasteiger partial charge < -0.3 is 14.0 Å². The van der Waals surface area contributed by atoms with E-state index in [1.807, 2.05) is 27.7 Å². The molecule has 1 aromatic carbocycles. The number of hydrogen-bond donors (Lipinski definition) is 0. The fourth-order valence-electron chi connectivity index (χ4n) is 4.10. The molecule has 0 unspecified atom stereocenters. The van der Waals surface area contributed by atoms with E-state index in [0.717, 1.165) is 36.0 Å². The predicted octanol–water partition coefficient (Wildman–Crippen LogP) is 4.56. The maximum absolute atomic E-state index is 13.8. The SMILES string of the molecule is CCOC(=O)c1csc(-n2nc(-c3ccc(F)cc3)c(B3OC(C)(C)C(C)(C)O3)c2CC2CC2)n1. The smallest absolute Gasteiger partial charge is 0.461 e. The average Bonchev–Trinajstić information content (AvgIpc) is 3.24. The number of ether oxygens (including phenoxy) is 1. The molecule has 0 radical (unpaired) electrons. The van der Waals surface area contributed by atoms with Crippen molar-refractivity contribution in [1.29, 1.82) is 0 Å². The second-order valence-corrected chi connectivity index (χ2v) is 10.9. The van der Waals surface area contributed by atoms with Crippen LogP contribution in [0.2, 0.25) is 0 Å². The highest BCUT2D eigenvalue weighted by atomic mass is 32.1. The third kappa shape index (κ3) is 4.55. The number of nitrogens with zero attached hydrogens (tertiary/aromatic N) is 3. The van der Waals surface area contributed by atoms with E-state index in [2.05, 4.69) is 4.98 Å². The summed E-state index contributed by atoms with van der Waals surface area (Å²) in [6.07, 6.45) is 3.07. The number of rotatable bonds is 7. The van der Waals surface area contributed by atoms with Crippen molar-refractivity contribution in [3.05, 3.63) is 46.9 Å². The first kappa shape index (κ1) is 24.2. The van der Waals surface area contributed by atoms with Crippen molar-refractivity contribution >= 4 is 29.9 Å². The summed E-state index contributed by atoms with van der Waals surface area (Å²) in [6, 6.07) is 6.27. The molecule has 0 bridgehead atoms. The minimum Gasteiger partial charge on any atom is -0.461 e. The van der Waals surface area contributed by atoms with Gasteiger partial charge in [-0.1, -0.05) is 0 Å². The molecule has 184 valence electrons. The van der Waals surface area contributed by atoms with Gasteiger partial charge in [0.2, 0.25) is 5.13 Å². The molecule has 2 aromatic heterocycles. The monoisotopic (exact) mass is 497 g/mol. The predicted molar refractivity (Wildman–Crippen MR) is 133 cm³/mol. The number of carbonyl (C=O) groups excluding carboxylic acids is 1. The van der Waals surface area contributed by atoms with Crippen molar-refractivity contribution in [2.75, 3.05) is 6.61 Å². The molecule has 2 fully saturated rings. The van der Waals surface area contributed by atoms with Gasteiger partial charge in [0.15, 0.2) is 5.69 Å². The zero-order valence-electron chi connectivity index (χ0n) is 20.6. The Bertz CT molecular complexity index is 1230. The first-order valence-electron chi connectivity index (χ1n) is 12.0. The normalized spacial score (nSPS) is 18.7. The van der Waals surface area contributed by atoms with Crippen molar-refractivity contribution in [2.45, 2.75) is 65.1 Å². The minimum atomic E-state index is -0.646. The van der Waals surface area contributed by atoms with Crippen molar-refractivity contribution < 1.29 is 23.2 Å². The molecule has 1 saturated carbocycles. The Morgan fingerprint density at radius 2 is 1.86 bits per heavy atom. The molecule has 0 spiro atoms. The summed E-state index contributed by atoms with van der Waals surface area (Å²) < 4.78 is 33.6. The molecule has 2 aliphatic rings. The van der Waals surface area contributed by atoms with Crippen LogP contribution < -0.4 is 5.46 Å². The second kappa shape index (κ2) is 8.83. The largest absolute Gasteiger partial charge is 0.499 e. The Morgan fingerprint density at radius 1 is 1.20 bits per heavy atom. The molecular weight excluding hydrogens is 468 g/mol. The second-order valence-electron chi connectivity index (χ2n) is 10.1. The van der Waals surface area contributed by atoms with Crippen LogP contribution in [0, 0.1) is 11.7 Å². The molecule has 35 heavy (non-hydrogen) atoms. The van der Waals surface area contributed by atoms with Crippen molar-refractivity contribution in [1.82, 2.24) is 14.8 Å². The Kier molecular flexibility index (Phi) is 6.10. The highest BCUT2D eigenvalue weighted by Crippen LogP contribution is 2.39. The fraction of sp³-hybridized carbons (Fsp3) is 0.480. The van der Waals surface area contributed by atoms with Crippen LogP contribution in [0.15, 0.2) is 29.6 Å². The summed E-state index contributed by atoms with van der Waals surface area (Å²) in [4.78, 5) is 16.8. The van der Waals surface area contributed by atoms with E-state index in [0.29, 0.717) is 16.7 Å². The van der Waals surface area contributed by atoms with E-state index in [-0.39, 0.29) is 18.1 Å². The molecule has 0 amide bonds. The quantitative estimate of drug-likeness (QED) is 0.352. The summed E-state index contributed by atoms with van der Waals surface area (Å²) in [5.74, 6) is -0.240. The van der Waals surface area contributed by atoms with Crippen LogP contribution in [-0.2, 0) is 20.5 Å². The molecule has 7 nitrogen and oxygen atoms in total. The van der Waals surface area contributed by atoms with Crippen LogP contribution in [-0.4, -0.2) is 45.7 Å². The Balaban J connectivity index is 1.67. The van der Waals surface area contributed by atoms with Gasteiger partial charge in [0, 0.05) is 22.1 Å². The van der Waals surface area contributed by atoms with Gasteiger partial charge >= 0.3 is 13.1 Å². The first-order valence-corrected chi connectivity index (χ1v) is 12.8. The van der Waals surface area contributed by atoms with Crippen LogP contribution in [0.1, 0.15) is 63.6 Å². The van der Waals surface area contributed by atoms with Gasteiger partial charge in [-0.25, -0.2) is 18.9 Å². The number of carbonyl (C=O) groups is 1. The number of esters is 1. The minimum absolute atomic E-state index is 0.250. The zero-order chi connectivity index (χ0) is 25.0. The van der Waals surface area contributed by atoms with E-state index in [9.17, 15) is 9.18 Å². The van der Waals surface area contributed by atoms with Crippen LogP contribution in [0.4, 0.5) is 4.39 Å². The van der Waals surface area contributed by atoms with Crippen LogP contribution in [0.25, 0.3) is 16.4 Å². The molecule has 5 rings (SSSR count). The number of hydrogen-bond acceptors (Lipinski definition) is 7. The average molecular weight is 497 g/mol. The molecule has 3 aromatic rings. The fourth-order valence-corrected chi connectivity index (χ4v) is 4.87. The van der Waals surface area contributed by atoms with Crippen molar-refractivity contribution in [2.24, 2.45) is 5.92 Å². The number of aromatic nitrogens is 3. The van der Waals surface area contributed by atoms with Crippen LogP contribution in [0.5, 0.6) is 0 Å². The third-order valence-electron chi connectivity index (χ3n) is 6.97. The molecule has 3 heterocycles. The summed E-state index contributed by atoms with van der Waals surface area (Å²) in [6.45, 7) is 10.1. The highest BCUT2D eigenvalue weighted by Gasteiger charge is 2.54. The summed E-state index contributed by atoms with van der Waals surface area (Å²) in [5.41, 5.74) is 2.37. The third-order valence-corrected chi connectivity index (χ3v) is 7.78. The van der Waals surface area contributed by atoms with E-state index in [4.69, 9.17) is 19.1 Å².